The van der Waals surface area contributed by atoms with E-state index >= 15 is 0 Å². The second-order valence-corrected chi connectivity index (χ2v) is 6.35. The molecule has 0 atom stereocenters. The quantitative estimate of drug-likeness (QED) is 0.442. The lowest BCUT2D eigenvalue weighted by molar-refractivity contribution is -0.402. The summed E-state index contributed by atoms with van der Waals surface area (Å²) in [6, 6.07) is 12.4. The Morgan fingerprint density at radius 3 is 2.60 bits per heavy atom. The van der Waals surface area contributed by atoms with Gasteiger partial charge in [0.05, 0.1) is 11.0 Å². The maximum atomic E-state index is 12.3. The highest BCUT2D eigenvalue weighted by atomic mass is 32.2. The predicted octanol–water partition coefficient (Wildman–Crippen LogP) is 3.86. The summed E-state index contributed by atoms with van der Waals surface area (Å²) in [7, 11) is 0. The van der Waals surface area contributed by atoms with Crippen LogP contribution >= 0.6 is 11.8 Å². The van der Waals surface area contributed by atoms with Crippen molar-refractivity contribution in [2.45, 2.75) is 12.8 Å². The van der Waals surface area contributed by atoms with Gasteiger partial charge in [-0.2, -0.15) is 0 Å². The van der Waals surface area contributed by atoms with Crippen molar-refractivity contribution < 1.29 is 18.9 Å². The number of amides is 2. The van der Waals surface area contributed by atoms with Gasteiger partial charge >= 0.3 is 5.88 Å². The van der Waals surface area contributed by atoms with Gasteiger partial charge < -0.3 is 4.42 Å². The van der Waals surface area contributed by atoms with Crippen molar-refractivity contribution in [3.05, 3.63) is 68.8 Å². The minimum atomic E-state index is -0.660. The van der Waals surface area contributed by atoms with Gasteiger partial charge in [0, 0.05) is 12.6 Å². The van der Waals surface area contributed by atoms with E-state index in [1.165, 1.54) is 23.1 Å². The molecule has 2 amide bonds. The molecule has 0 spiro atoms. The molecule has 1 aromatic heterocycles. The van der Waals surface area contributed by atoms with Gasteiger partial charge in [-0.25, -0.2) is 0 Å². The molecule has 1 fully saturated rings. The average molecular weight is 358 g/mol. The topological polar surface area (TPSA) is 93.7 Å². The molecule has 0 N–H and O–H groups in total. The summed E-state index contributed by atoms with van der Waals surface area (Å²) >= 11 is 0.809. The Bertz CT molecular complexity index is 844. The summed E-state index contributed by atoms with van der Waals surface area (Å²) in [4.78, 5) is 35.7. The van der Waals surface area contributed by atoms with Crippen molar-refractivity contribution in [3.8, 4) is 0 Å². The van der Waals surface area contributed by atoms with Gasteiger partial charge in [0.15, 0.2) is 0 Å². The van der Waals surface area contributed by atoms with Gasteiger partial charge in [-0.05, 0) is 36.2 Å². The summed E-state index contributed by atoms with van der Waals surface area (Å²) < 4.78 is 4.99. The highest BCUT2D eigenvalue weighted by Gasteiger charge is 2.34. The molecule has 7 nitrogen and oxygen atoms in total. The van der Waals surface area contributed by atoms with E-state index in [-0.39, 0.29) is 15.9 Å². The van der Waals surface area contributed by atoms with Crippen LogP contribution in [0, 0.1) is 10.1 Å². The fourth-order valence-corrected chi connectivity index (χ4v) is 3.27. The van der Waals surface area contributed by atoms with Crippen LogP contribution in [-0.4, -0.2) is 27.5 Å². The minimum Gasteiger partial charge on any atom is -0.401 e. The van der Waals surface area contributed by atoms with E-state index in [0.717, 1.165) is 23.7 Å². The Morgan fingerprint density at radius 2 is 1.92 bits per heavy atom. The van der Waals surface area contributed by atoms with Gasteiger partial charge in [-0.3, -0.25) is 24.6 Å². The number of furan rings is 1. The molecular weight excluding hydrogens is 344 g/mol. The van der Waals surface area contributed by atoms with Gasteiger partial charge in [0.25, 0.3) is 11.1 Å². The van der Waals surface area contributed by atoms with Crippen molar-refractivity contribution in [3.63, 3.8) is 0 Å². The standard InChI is InChI=1S/C17H14N2O5S/c20-16-14(11-13-8-9-15(24-13)19(22)23)25-17(21)18(16)10-4-7-12-5-2-1-3-6-12/h1-3,5-6,8-9,11H,4,7,10H2/b14-11+. The maximum absolute atomic E-state index is 12.3. The Kier molecular flexibility index (Phi) is 4.99. The number of benzene rings is 1. The second-order valence-electron chi connectivity index (χ2n) is 5.36. The Balaban J connectivity index is 1.63. The zero-order chi connectivity index (χ0) is 17.8. The first-order valence-corrected chi connectivity index (χ1v) is 8.40. The molecule has 2 aromatic rings. The third-order valence-electron chi connectivity index (χ3n) is 3.63. The van der Waals surface area contributed by atoms with Crippen molar-refractivity contribution in [1.29, 1.82) is 0 Å². The molecule has 0 bridgehead atoms. The van der Waals surface area contributed by atoms with E-state index < -0.39 is 16.7 Å². The summed E-state index contributed by atoms with van der Waals surface area (Å²) in [5.74, 6) is -0.642. The van der Waals surface area contributed by atoms with E-state index in [1.807, 2.05) is 30.3 Å². The first-order chi connectivity index (χ1) is 12.0. The molecule has 1 aliphatic rings. The molecule has 8 heteroatoms. The number of nitro groups is 1. The Morgan fingerprint density at radius 1 is 1.16 bits per heavy atom. The molecule has 0 aliphatic carbocycles. The van der Waals surface area contributed by atoms with Crippen molar-refractivity contribution in [2.75, 3.05) is 6.54 Å². The third-order valence-corrected chi connectivity index (χ3v) is 4.54. The molecule has 0 unspecified atom stereocenters. The smallest absolute Gasteiger partial charge is 0.401 e. The molecule has 25 heavy (non-hydrogen) atoms. The minimum absolute atomic E-state index is 0.168. The number of hydrogen-bond donors (Lipinski definition) is 0. The highest BCUT2D eigenvalue weighted by Crippen LogP contribution is 2.33. The SMILES string of the molecule is O=C1S/C(=C/c2ccc([N+](=O)[O-])o2)C(=O)N1CCCc1ccccc1. The second kappa shape index (κ2) is 7.35. The normalized spacial score (nSPS) is 16.0. The zero-order valence-corrected chi connectivity index (χ0v) is 13.9. The van der Waals surface area contributed by atoms with Crippen LogP contribution < -0.4 is 0 Å². The number of aryl methyl sites for hydroxylation is 1. The average Bonchev–Trinajstić information content (AvgIpc) is 3.16. The molecule has 128 valence electrons. The number of carbonyl (C=O) groups is 2. The van der Waals surface area contributed by atoms with Crippen LogP contribution in [0.2, 0.25) is 0 Å². The molecule has 1 aliphatic heterocycles. The van der Waals surface area contributed by atoms with Crippen LogP contribution in [0.3, 0.4) is 0 Å². The molecule has 0 radical (unpaired) electrons. The summed E-state index contributed by atoms with van der Waals surface area (Å²) in [5, 5.41) is 10.3. The van der Waals surface area contributed by atoms with Gasteiger partial charge in [0.2, 0.25) is 0 Å². The largest absolute Gasteiger partial charge is 0.433 e. The number of nitrogens with zero attached hydrogens (tertiary/aromatic N) is 2. The van der Waals surface area contributed by atoms with E-state index in [2.05, 4.69) is 0 Å². The summed E-state index contributed by atoms with van der Waals surface area (Å²) in [6.45, 7) is 0.329. The first kappa shape index (κ1) is 17.0. The molecular formula is C17H14N2O5S. The molecule has 1 saturated heterocycles. The zero-order valence-electron chi connectivity index (χ0n) is 13.1. The number of thioether (sulfide) groups is 1. The Labute approximate surface area is 147 Å². The predicted molar refractivity (Wildman–Crippen MR) is 92.8 cm³/mol. The van der Waals surface area contributed by atoms with E-state index in [1.54, 1.807) is 0 Å². The highest BCUT2D eigenvalue weighted by molar-refractivity contribution is 8.18. The molecule has 2 heterocycles. The fraction of sp³-hybridized carbons (Fsp3) is 0.176. The summed E-state index contributed by atoms with van der Waals surface area (Å²) in [6.07, 6.45) is 2.79. The molecule has 3 rings (SSSR count). The first-order valence-electron chi connectivity index (χ1n) is 7.58. The summed E-state index contributed by atoms with van der Waals surface area (Å²) in [5.41, 5.74) is 1.15. The number of rotatable bonds is 6. The van der Waals surface area contributed by atoms with Crippen LogP contribution in [0.1, 0.15) is 17.7 Å². The fourth-order valence-electron chi connectivity index (χ4n) is 2.43. The molecule has 1 aromatic carbocycles. The Hall–Kier alpha value is -2.87. The van der Waals surface area contributed by atoms with E-state index in [0.29, 0.717) is 13.0 Å². The van der Waals surface area contributed by atoms with Crippen LogP contribution in [0.15, 0.2) is 51.8 Å². The number of carbonyl (C=O) groups excluding carboxylic acids is 2. The van der Waals surface area contributed by atoms with Gasteiger partial charge in [-0.1, -0.05) is 30.3 Å². The van der Waals surface area contributed by atoms with Crippen LogP contribution in [0.5, 0.6) is 0 Å². The van der Waals surface area contributed by atoms with Crippen LogP contribution in [0.4, 0.5) is 10.7 Å². The van der Waals surface area contributed by atoms with Crippen molar-refractivity contribution in [2.24, 2.45) is 0 Å². The lowest BCUT2D eigenvalue weighted by Crippen LogP contribution is -2.29. The lowest BCUT2D eigenvalue weighted by Gasteiger charge is -2.11. The number of imide groups is 1. The molecule has 0 saturated carbocycles. The van der Waals surface area contributed by atoms with Crippen molar-refractivity contribution in [1.82, 2.24) is 4.90 Å². The lowest BCUT2D eigenvalue weighted by atomic mass is 10.1. The number of hydrogen-bond acceptors (Lipinski definition) is 6. The van der Waals surface area contributed by atoms with Gasteiger partial charge in [-0.15, -0.1) is 0 Å². The van der Waals surface area contributed by atoms with Gasteiger partial charge in [0.1, 0.15) is 10.7 Å². The van der Waals surface area contributed by atoms with E-state index in [4.69, 9.17) is 4.42 Å². The van der Waals surface area contributed by atoms with Crippen molar-refractivity contribution >= 4 is 34.9 Å². The van der Waals surface area contributed by atoms with Crippen LogP contribution in [-0.2, 0) is 11.2 Å². The monoisotopic (exact) mass is 358 g/mol. The van der Waals surface area contributed by atoms with E-state index in [9.17, 15) is 19.7 Å². The van der Waals surface area contributed by atoms with Crippen LogP contribution in [0.25, 0.3) is 6.08 Å². The third kappa shape index (κ3) is 3.97. The maximum Gasteiger partial charge on any atom is 0.433 e.